The number of nitrogens with one attached hydrogen (secondary N) is 2. The number of rotatable bonds is 6. The van der Waals surface area contributed by atoms with Crippen molar-refractivity contribution < 1.29 is 9.53 Å². The van der Waals surface area contributed by atoms with Gasteiger partial charge in [-0.3, -0.25) is 4.79 Å². The third-order valence-electron chi connectivity index (χ3n) is 5.26. The first-order chi connectivity index (χ1) is 11.6. The van der Waals surface area contributed by atoms with Crippen LogP contribution < -0.4 is 10.6 Å². The third-order valence-corrected chi connectivity index (χ3v) is 6.09. The number of hydrogen-bond acceptors (Lipinski definition) is 3. The molecule has 6 heteroatoms. The van der Waals surface area contributed by atoms with Crippen molar-refractivity contribution in [3.05, 3.63) is 33.8 Å². The highest BCUT2D eigenvalue weighted by atomic mass is 35.5. The van der Waals surface area contributed by atoms with Crippen LogP contribution in [-0.4, -0.2) is 39.3 Å². The van der Waals surface area contributed by atoms with Gasteiger partial charge in [0.05, 0.1) is 16.7 Å². The topological polar surface area (TPSA) is 50.4 Å². The van der Waals surface area contributed by atoms with E-state index < -0.39 is 0 Å². The fourth-order valence-electron chi connectivity index (χ4n) is 3.68. The second-order valence-electron chi connectivity index (χ2n) is 6.99. The van der Waals surface area contributed by atoms with Gasteiger partial charge in [-0.1, -0.05) is 35.3 Å². The Hall–Kier alpha value is -0.810. The molecule has 2 N–H and O–H groups in total. The Balaban J connectivity index is 1.57. The fraction of sp³-hybridized carbons (Fsp3) is 0.611. The highest BCUT2D eigenvalue weighted by Crippen LogP contribution is 2.50. The average molecular weight is 371 g/mol. The molecule has 24 heavy (non-hydrogen) atoms. The maximum atomic E-state index is 12.5. The van der Waals surface area contributed by atoms with Gasteiger partial charge in [-0.25, -0.2) is 0 Å². The van der Waals surface area contributed by atoms with Crippen LogP contribution in [0.15, 0.2) is 18.2 Å². The van der Waals surface area contributed by atoms with Gasteiger partial charge in [-0.2, -0.15) is 0 Å². The van der Waals surface area contributed by atoms with E-state index in [1.54, 1.807) is 13.2 Å². The fourth-order valence-corrected chi connectivity index (χ4v) is 4.12. The molecule has 1 saturated carbocycles. The number of hydrogen-bond donors (Lipinski definition) is 2. The molecule has 1 aliphatic heterocycles. The zero-order chi connectivity index (χ0) is 17.2. The second kappa shape index (κ2) is 7.61. The van der Waals surface area contributed by atoms with E-state index in [0.29, 0.717) is 23.2 Å². The van der Waals surface area contributed by atoms with Gasteiger partial charge < -0.3 is 15.4 Å². The van der Waals surface area contributed by atoms with E-state index in [0.717, 1.165) is 37.9 Å². The molecule has 4 nitrogen and oxygen atoms in total. The summed E-state index contributed by atoms with van der Waals surface area (Å²) in [5.41, 5.74) is 1.03. The molecule has 0 radical (unpaired) electrons. The molecule has 1 aromatic rings. The lowest BCUT2D eigenvalue weighted by Gasteiger charge is -2.37. The molecule has 2 fully saturated rings. The van der Waals surface area contributed by atoms with Gasteiger partial charge in [0.15, 0.2) is 0 Å². The van der Waals surface area contributed by atoms with Gasteiger partial charge in [-0.15, -0.1) is 0 Å². The van der Waals surface area contributed by atoms with E-state index >= 15 is 0 Å². The van der Waals surface area contributed by atoms with E-state index in [1.807, 2.05) is 12.1 Å². The van der Waals surface area contributed by atoms with Crippen LogP contribution in [0.5, 0.6) is 0 Å². The quantitative estimate of drug-likeness (QED) is 0.807. The van der Waals surface area contributed by atoms with E-state index in [-0.39, 0.29) is 23.2 Å². The van der Waals surface area contributed by atoms with Crippen LogP contribution in [0.2, 0.25) is 10.0 Å². The molecule has 1 amide bonds. The number of methoxy groups -OCH3 is 1. The molecule has 1 aromatic carbocycles. The molecule has 0 spiro atoms. The van der Waals surface area contributed by atoms with Gasteiger partial charge in [0.2, 0.25) is 5.91 Å². The standard InChI is InChI=1S/C18H24Cl2N2O2/c1-24-11-18(5-7-21-8-6-18)10-22-17(23)14-9-13(14)12-3-2-4-15(19)16(12)20/h2-4,13-14,21H,5-11H2,1H3,(H,22,23). The van der Waals surface area contributed by atoms with Gasteiger partial charge in [0.1, 0.15) is 0 Å². The summed E-state index contributed by atoms with van der Waals surface area (Å²) in [4.78, 5) is 12.5. The number of carbonyl (C=O) groups is 1. The lowest BCUT2D eigenvalue weighted by atomic mass is 9.79. The Morgan fingerprint density at radius 1 is 1.38 bits per heavy atom. The Bertz CT molecular complexity index is 597. The van der Waals surface area contributed by atoms with Crippen molar-refractivity contribution in [2.45, 2.75) is 25.2 Å². The molecule has 2 atom stereocenters. The van der Waals surface area contributed by atoms with Gasteiger partial charge >= 0.3 is 0 Å². The molecule has 0 bridgehead atoms. The van der Waals surface area contributed by atoms with E-state index in [2.05, 4.69) is 10.6 Å². The van der Waals surface area contributed by atoms with Crippen molar-refractivity contribution in [2.75, 3.05) is 33.4 Å². The van der Waals surface area contributed by atoms with Gasteiger partial charge in [-0.05, 0) is 49.9 Å². The average Bonchev–Trinajstić information content (AvgIpc) is 3.37. The van der Waals surface area contributed by atoms with Crippen molar-refractivity contribution in [3.8, 4) is 0 Å². The maximum Gasteiger partial charge on any atom is 0.223 e. The Kier molecular flexibility index (Phi) is 5.70. The Labute approximate surface area is 153 Å². The minimum atomic E-state index is 0.00211. The van der Waals surface area contributed by atoms with Gasteiger partial charge in [0, 0.05) is 25.0 Å². The smallest absolute Gasteiger partial charge is 0.223 e. The predicted octanol–water partition coefficient (Wildman–Crippen LogP) is 3.23. The SMILES string of the molecule is COCC1(CNC(=O)C2CC2c2cccc(Cl)c2Cl)CCNCC1. The normalized spacial score (nSPS) is 25.3. The number of piperidine rings is 1. The zero-order valence-electron chi connectivity index (χ0n) is 13.9. The number of ether oxygens (including phenoxy) is 1. The summed E-state index contributed by atoms with van der Waals surface area (Å²) in [6, 6.07) is 5.63. The first-order valence-corrected chi connectivity index (χ1v) is 9.23. The van der Waals surface area contributed by atoms with Crippen molar-refractivity contribution in [3.63, 3.8) is 0 Å². The lowest BCUT2D eigenvalue weighted by molar-refractivity contribution is -0.123. The van der Waals surface area contributed by atoms with Crippen LogP contribution in [-0.2, 0) is 9.53 Å². The van der Waals surface area contributed by atoms with Crippen LogP contribution >= 0.6 is 23.2 Å². The molecule has 3 rings (SSSR count). The van der Waals surface area contributed by atoms with Crippen LogP contribution in [0.25, 0.3) is 0 Å². The van der Waals surface area contributed by atoms with Crippen molar-refractivity contribution in [1.82, 2.24) is 10.6 Å². The summed E-state index contributed by atoms with van der Waals surface area (Å²) in [5.74, 6) is 0.301. The number of carbonyl (C=O) groups excluding carboxylic acids is 1. The highest BCUT2D eigenvalue weighted by Gasteiger charge is 2.45. The number of benzene rings is 1. The summed E-state index contributed by atoms with van der Waals surface area (Å²) < 4.78 is 5.40. The molecule has 2 aliphatic rings. The van der Waals surface area contributed by atoms with Crippen molar-refractivity contribution in [1.29, 1.82) is 0 Å². The zero-order valence-corrected chi connectivity index (χ0v) is 15.4. The lowest BCUT2D eigenvalue weighted by Crippen LogP contribution is -2.47. The summed E-state index contributed by atoms with van der Waals surface area (Å²) in [5, 5.41) is 7.64. The van der Waals surface area contributed by atoms with Crippen molar-refractivity contribution >= 4 is 29.1 Å². The van der Waals surface area contributed by atoms with Crippen LogP contribution in [0, 0.1) is 11.3 Å². The first-order valence-electron chi connectivity index (χ1n) is 8.48. The predicted molar refractivity (Wildman–Crippen MR) is 96.7 cm³/mol. The van der Waals surface area contributed by atoms with E-state index in [1.165, 1.54) is 0 Å². The van der Waals surface area contributed by atoms with Gasteiger partial charge in [0.25, 0.3) is 0 Å². The molecule has 1 heterocycles. The Morgan fingerprint density at radius 2 is 2.12 bits per heavy atom. The van der Waals surface area contributed by atoms with Crippen LogP contribution in [0.3, 0.4) is 0 Å². The number of halogens is 2. The van der Waals surface area contributed by atoms with E-state index in [9.17, 15) is 4.79 Å². The summed E-state index contributed by atoms with van der Waals surface area (Å²) in [6.45, 7) is 3.31. The molecule has 1 aliphatic carbocycles. The highest BCUT2D eigenvalue weighted by molar-refractivity contribution is 6.42. The molecule has 2 unspecified atom stereocenters. The third kappa shape index (κ3) is 3.88. The molecule has 0 aromatic heterocycles. The van der Waals surface area contributed by atoms with E-state index in [4.69, 9.17) is 27.9 Å². The maximum absolute atomic E-state index is 12.5. The first kappa shape index (κ1) is 18.0. The molecular weight excluding hydrogens is 347 g/mol. The molecule has 1 saturated heterocycles. The second-order valence-corrected chi connectivity index (χ2v) is 7.78. The molecular formula is C18H24Cl2N2O2. The Morgan fingerprint density at radius 3 is 2.83 bits per heavy atom. The largest absolute Gasteiger partial charge is 0.384 e. The van der Waals surface area contributed by atoms with Crippen molar-refractivity contribution in [2.24, 2.45) is 11.3 Å². The van der Waals surface area contributed by atoms with Crippen LogP contribution in [0.4, 0.5) is 0 Å². The monoisotopic (exact) mass is 370 g/mol. The minimum absolute atomic E-state index is 0.00211. The summed E-state index contributed by atoms with van der Waals surface area (Å²) >= 11 is 12.3. The number of amides is 1. The summed E-state index contributed by atoms with van der Waals surface area (Å²) in [6.07, 6.45) is 2.88. The van der Waals surface area contributed by atoms with Crippen LogP contribution in [0.1, 0.15) is 30.7 Å². The molecule has 132 valence electrons. The summed E-state index contributed by atoms with van der Waals surface area (Å²) in [7, 11) is 1.73. The minimum Gasteiger partial charge on any atom is -0.384 e.